The molecule has 10 heteroatoms. The largest absolute Gasteiger partial charge is 0.467 e. The van der Waals surface area contributed by atoms with Crippen LogP contribution in [0.1, 0.15) is 51.1 Å². The number of aromatic nitrogens is 1. The third-order valence-electron chi connectivity index (χ3n) is 7.45. The second-order valence-corrected chi connectivity index (χ2v) is 10.0. The van der Waals surface area contributed by atoms with Crippen LogP contribution in [0.25, 0.3) is 22.6 Å². The van der Waals surface area contributed by atoms with Gasteiger partial charge in [-0.05, 0) is 60.2 Å². The molecule has 0 spiro atoms. The van der Waals surface area contributed by atoms with Crippen LogP contribution in [0.2, 0.25) is 0 Å². The third-order valence-corrected chi connectivity index (χ3v) is 7.45. The predicted molar refractivity (Wildman–Crippen MR) is 148 cm³/mol. The van der Waals surface area contributed by atoms with Gasteiger partial charge in [0.2, 0.25) is 6.79 Å². The topological polar surface area (TPSA) is 119 Å². The van der Waals surface area contributed by atoms with Gasteiger partial charge >= 0.3 is 5.97 Å². The van der Waals surface area contributed by atoms with Crippen molar-refractivity contribution in [1.82, 2.24) is 4.98 Å². The predicted octanol–water partition coefficient (Wildman–Crippen LogP) is 5.97. The van der Waals surface area contributed by atoms with Crippen LogP contribution in [0.15, 0.2) is 54.6 Å². The minimum Gasteiger partial charge on any atom is -0.467 e. The van der Waals surface area contributed by atoms with Crippen LogP contribution in [-0.2, 0) is 29.1 Å². The smallest absolute Gasteiger partial charge is 0.339 e. The van der Waals surface area contributed by atoms with Gasteiger partial charge in [0, 0.05) is 28.6 Å². The molecule has 0 atom stereocenters. The average molecular weight is 553 g/mol. The van der Waals surface area contributed by atoms with Crippen LogP contribution in [0.5, 0.6) is 17.2 Å². The Morgan fingerprint density at radius 3 is 2.80 bits per heavy atom. The lowest BCUT2D eigenvalue weighted by molar-refractivity contribution is -0.385. The molecule has 2 aliphatic heterocycles. The Bertz CT molecular complexity index is 1760. The number of nitro benzene ring substituents is 1. The molecule has 0 saturated carbocycles. The van der Waals surface area contributed by atoms with Crippen molar-refractivity contribution in [2.45, 2.75) is 32.5 Å². The molecule has 206 valence electrons. The number of non-ortho nitro benzene ring substituents is 1. The maximum absolute atomic E-state index is 13.8. The van der Waals surface area contributed by atoms with E-state index in [1.807, 2.05) is 42.5 Å². The van der Waals surface area contributed by atoms with Gasteiger partial charge in [0.05, 0.1) is 28.3 Å². The molecule has 0 N–H and O–H groups in total. The fourth-order valence-electron chi connectivity index (χ4n) is 5.62. The lowest BCUT2D eigenvalue weighted by atomic mass is 9.86. The van der Waals surface area contributed by atoms with E-state index in [2.05, 4.69) is 6.08 Å². The van der Waals surface area contributed by atoms with Gasteiger partial charge in [-0.1, -0.05) is 24.3 Å². The monoisotopic (exact) mass is 552 g/mol. The number of rotatable bonds is 5. The summed E-state index contributed by atoms with van der Waals surface area (Å²) in [5.74, 6) is 1.35. The molecule has 3 aliphatic rings. The summed E-state index contributed by atoms with van der Waals surface area (Å²) in [7, 11) is 0. The molecule has 0 fully saturated rings. The van der Waals surface area contributed by atoms with Crippen molar-refractivity contribution in [1.29, 1.82) is 0 Å². The van der Waals surface area contributed by atoms with Crippen LogP contribution >= 0.6 is 0 Å². The van der Waals surface area contributed by atoms with Crippen LogP contribution < -0.4 is 14.2 Å². The van der Waals surface area contributed by atoms with Crippen LogP contribution in [0.4, 0.5) is 5.69 Å². The van der Waals surface area contributed by atoms with Crippen molar-refractivity contribution >= 4 is 34.2 Å². The van der Waals surface area contributed by atoms with E-state index in [4.69, 9.17) is 28.7 Å². The van der Waals surface area contributed by atoms with Gasteiger partial charge < -0.3 is 23.7 Å². The standard InChI is InChI=1S/C31H24N2O8/c34-31(38-15-21-13-22(33(35)36)12-20-14-37-16-41-30(20)21)28-23-5-1-2-7-25(23)32-29-19(4-3-6-24(28)29)10-18-8-9-26-27(11-18)40-17-39-26/h1-2,5,7-13H,3-4,6,14-17H2/b19-10-. The molecule has 0 amide bonds. The molecule has 3 heterocycles. The zero-order valence-electron chi connectivity index (χ0n) is 21.9. The number of nitrogens with zero attached hydrogens (tertiary/aromatic N) is 2. The maximum atomic E-state index is 13.8. The molecule has 1 aliphatic carbocycles. The Labute approximate surface area is 234 Å². The fourth-order valence-corrected chi connectivity index (χ4v) is 5.62. The van der Waals surface area contributed by atoms with Crippen LogP contribution in [-0.4, -0.2) is 29.5 Å². The molecule has 0 bridgehead atoms. The molecular formula is C31H24N2O8. The van der Waals surface area contributed by atoms with Crippen molar-refractivity contribution in [3.63, 3.8) is 0 Å². The molecule has 3 aromatic carbocycles. The highest BCUT2D eigenvalue weighted by Gasteiger charge is 2.27. The van der Waals surface area contributed by atoms with Crippen molar-refractivity contribution in [2.24, 2.45) is 0 Å². The van der Waals surface area contributed by atoms with E-state index in [9.17, 15) is 14.9 Å². The zero-order valence-corrected chi connectivity index (χ0v) is 21.9. The van der Waals surface area contributed by atoms with Crippen LogP contribution in [0.3, 0.4) is 0 Å². The minimum atomic E-state index is -0.517. The average Bonchev–Trinajstić information content (AvgIpc) is 3.46. The van der Waals surface area contributed by atoms with Crippen molar-refractivity contribution in [2.75, 3.05) is 13.6 Å². The first-order valence-electron chi connectivity index (χ1n) is 13.3. The van der Waals surface area contributed by atoms with E-state index in [0.29, 0.717) is 51.3 Å². The lowest BCUT2D eigenvalue weighted by Crippen LogP contribution is -2.17. The number of hydrogen-bond acceptors (Lipinski definition) is 9. The Morgan fingerprint density at radius 1 is 1.02 bits per heavy atom. The highest BCUT2D eigenvalue weighted by atomic mass is 16.7. The molecule has 1 aromatic heterocycles. The number of benzene rings is 3. The quantitative estimate of drug-likeness (QED) is 0.167. The normalized spacial score (nSPS) is 16.1. The number of fused-ring (bicyclic) bond motifs is 4. The minimum absolute atomic E-state index is 0.0206. The summed E-state index contributed by atoms with van der Waals surface area (Å²) in [6.07, 6.45) is 4.39. The van der Waals surface area contributed by atoms with Crippen molar-refractivity contribution < 1.29 is 33.4 Å². The van der Waals surface area contributed by atoms with Gasteiger partial charge in [-0.2, -0.15) is 0 Å². The molecular weight excluding hydrogens is 528 g/mol. The third kappa shape index (κ3) is 4.62. The summed E-state index contributed by atoms with van der Waals surface area (Å²) in [5.41, 5.74) is 5.57. The van der Waals surface area contributed by atoms with E-state index < -0.39 is 10.9 Å². The maximum Gasteiger partial charge on any atom is 0.339 e. The molecule has 7 rings (SSSR count). The highest BCUT2D eigenvalue weighted by molar-refractivity contribution is 6.06. The number of carbonyl (C=O) groups is 1. The number of pyridine rings is 1. The van der Waals surface area contributed by atoms with Gasteiger partial charge in [0.25, 0.3) is 5.69 Å². The summed E-state index contributed by atoms with van der Waals surface area (Å²) in [4.78, 5) is 29.8. The lowest BCUT2D eigenvalue weighted by Gasteiger charge is -2.23. The van der Waals surface area contributed by atoms with E-state index in [1.54, 1.807) is 0 Å². The van der Waals surface area contributed by atoms with E-state index in [-0.39, 0.29) is 32.5 Å². The first-order chi connectivity index (χ1) is 20.0. The molecule has 0 saturated heterocycles. The number of esters is 1. The number of ether oxygens (including phenoxy) is 5. The van der Waals surface area contributed by atoms with Gasteiger partial charge in [0.1, 0.15) is 12.4 Å². The summed E-state index contributed by atoms with van der Waals surface area (Å²) in [6, 6.07) is 16.1. The van der Waals surface area contributed by atoms with E-state index >= 15 is 0 Å². The number of para-hydroxylation sites is 1. The highest BCUT2D eigenvalue weighted by Crippen LogP contribution is 2.39. The number of allylic oxidation sites excluding steroid dienone is 1. The molecule has 0 radical (unpaired) electrons. The van der Waals surface area contributed by atoms with Gasteiger partial charge in [-0.15, -0.1) is 0 Å². The summed E-state index contributed by atoms with van der Waals surface area (Å²) >= 11 is 0. The first-order valence-corrected chi connectivity index (χ1v) is 13.3. The Morgan fingerprint density at radius 2 is 1.90 bits per heavy atom. The molecule has 41 heavy (non-hydrogen) atoms. The second kappa shape index (κ2) is 10.2. The fraction of sp³-hybridized carbons (Fsp3) is 0.226. The summed E-state index contributed by atoms with van der Waals surface area (Å²) in [5, 5.41) is 12.2. The summed E-state index contributed by atoms with van der Waals surface area (Å²) < 4.78 is 27.7. The Kier molecular flexibility index (Phi) is 6.24. The summed E-state index contributed by atoms with van der Waals surface area (Å²) in [6.45, 7) is 0.218. The second-order valence-electron chi connectivity index (χ2n) is 10.0. The van der Waals surface area contributed by atoms with Gasteiger partial charge in [-0.3, -0.25) is 10.1 Å². The van der Waals surface area contributed by atoms with Gasteiger partial charge in [-0.25, -0.2) is 9.78 Å². The van der Waals surface area contributed by atoms with Gasteiger partial charge in [0.15, 0.2) is 18.3 Å². The molecule has 0 unspecified atom stereocenters. The Balaban J connectivity index is 1.26. The number of hydrogen-bond donors (Lipinski definition) is 0. The Hall–Kier alpha value is -4.96. The number of nitro groups is 1. The van der Waals surface area contributed by atoms with E-state index in [0.717, 1.165) is 35.2 Å². The number of carbonyl (C=O) groups excluding carboxylic acids is 1. The van der Waals surface area contributed by atoms with Crippen molar-refractivity contribution in [3.8, 4) is 17.2 Å². The zero-order chi connectivity index (χ0) is 27.9. The van der Waals surface area contributed by atoms with Crippen molar-refractivity contribution in [3.05, 3.63) is 98.2 Å². The SMILES string of the molecule is O=C(OCc1cc([N+](=O)[O-])cc2c1OCOC2)c1c2c(nc3ccccc13)/C(=C\c1ccc3c(c1)OCO3)CCC2. The van der Waals surface area contributed by atoms with Crippen LogP contribution in [0, 0.1) is 10.1 Å². The van der Waals surface area contributed by atoms with E-state index in [1.165, 1.54) is 12.1 Å². The molecule has 4 aromatic rings. The first kappa shape index (κ1) is 25.0. The molecule has 10 nitrogen and oxygen atoms in total.